The molecule has 1 heterocycles. The van der Waals surface area contributed by atoms with Gasteiger partial charge < -0.3 is 9.47 Å². The van der Waals surface area contributed by atoms with Crippen LogP contribution in [0.2, 0.25) is 0 Å². The van der Waals surface area contributed by atoms with E-state index in [0.29, 0.717) is 5.75 Å². The highest BCUT2D eigenvalue weighted by Crippen LogP contribution is 2.43. The Hall–Kier alpha value is -2.87. The molecular weight excluding hydrogens is 472 g/mol. The second-order valence-corrected chi connectivity index (χ2v) is 10.9. The Morgan fingerprint density at radius 1 is 0.895 bits per heavy atom. The van der Waals surface area contributed by atoms with E-state index >= 15 is 0 Å². The number of hydrogen-bond donors (Lipinski definition) is 0. The maximum atomic E-state index is 12.8. The highest BCUT2D eigenvalue weighted by Gasteiger charge is 2.37. The predicted molar refractivity (Wildman–Crippen MR) is 153 cm³/mol. The molecule has 3 rings (SSSR count). The number of esters is 1. The Kier molecular flexibility index (Phi) is 12.6. The minimum atomic E-state index is -0.258. The summed E-state index contributed by atoms with van der Waals surface area (Å²) in [6, 6.07) is 14.0. The van der Waals surface area contributed by atoms with Gasteiger partial charge in [-0.2, -0.15) is 5.26 Å². The van der Waals surface area contributed by atoms with Gasteiger partial charge in [-0.05, 0) is 74.9 Å². The Bertz CT molecular complexity index is 986. The van der Waals surface area contributed by atoms with Gasteiger partial charge in [0.2, 0.25) is 0 Å². The van der Waals surface area contributed by atoms with Gasteiger partial charge in [-0.15, -0.1) is 0 Å². The lowest BCUT2D eigenvalue weighted by atomic mass is 9.69. The van der Waals surface area contributed by atoms with Crippen molar-refractivity contribution in [1.82, 2.24) is 4.98 Å². The Labute approximate surface area is 230 Å². The molecule has 2 aromatic rings. The van der Waals surface area contributed by atoms with Gasteiger partial charge in [0.1, 0.15) is 11.5 Å². The fourth-order valence-electron chi connectivity index (χ4n) is 5.32. The summed E-state index contributed by atoms with van der Waals surface area (Å²) in [6.45, 7) is 5.15. The Morgan fingerprint density at radius 2 is 1.53 bits per heavy atom. The molecule has 0 N–H and O–H groups in total. The maximum Gasteiger partial charge on any atom is 0.314 e. The molecule has 5 nitrogen and oxygen atoms in total. The van der Waals surface area contributed by atoms with Crippen molar-refractivity contribution in [3.8, 4) is 28.8 Å². The third-order valence-electron chi connectivity index (χ3n) is 7.89. The summed E-state index contributed by atoms with van der Waals surface area (Å²) >= 11 is 0. The summed E-state index contributed by atoms with van der Waals surface area (Å²) in [7, 11) is 0. The fourth-order valence-corrected chi connectivity index (χ4v) is 5.32. The molecule has 0 amide bonds. The zero-order chi connectivity index (χ0) is 27.1. The largest absolute Gasteiger partial charge is 0.492 e. The smallest absolute Gasteiger partial charge is 0.314 e. The Balaban J connectivity index is 1.42. The molecule has 1 aliphatic carbocycles. The van der Waals surface area contributed by atoms with Crippen LogP contribution in [0.1, 0.15) is 110 Å². The molecule has 1 saturated carbocycles. The fraction of sp³-hybridized carbons (Fsp3) is 0.606. The van der Waals surface area contributed by atoms with Gasteiger partial charge in [-0.25, -0.2) is 0 Å². The predicted octanol–water partition coefficient (Wildman–Crippen LogP) is 9.06. The zero-order valence-corrected chi connectivity index (χ0v) is 23.6. The number of benzene rings is 1. The van der Waals surface area contributed by atoms with E-state index < -0.39 is 0 Å². The number of carbonyl (C=O) groups excluding carboxylic acids is 1. The normalized spacial score (nSPS) is 19.0. The van der Waals surface area contributed by atoms with E-state index in [2.05, 4.69) is 24.9 Å². The van der Waals surface area contributed by atoms with E-state index in [-0.39, 0.29) is 17.3 Å². The van der Waals surface area contributed by atoms with Crippen LogP contribution in [0, 0.1) is 22.7 Å². The first kappa shape index (κ1) is 29.7. The average Bonchev–Trinajstić information content (AvgIpc) is 2.96. The summed E-state index contributed by atoms with van der Waals surface area (Å²) < 4.78 is 11.5. The van der Waals surface area contributed by atoms with E-state index in [1.165, 1.54) is 51.4 Å². The standard InChI is InChI=1S/C33H46N2O3/c1-3-5-7-9-10-11-21-33(26-34)22-19-28(20-23-33)32(36)38-29-15-13-27(14-16-29)31-18-17-30(25-35-31)37-24-12-8-6-4-2/h13-18,25,28H,3-12,19-24H2,1-2H3. The van der Waals surface area contributed by atoms with Crippen LogP contribution >= 0.6 is 0 Å². The highest BCUT2D eigenvalue weighted by atomic mass is 16.5. The number of carbonyl (C=O) groups is 1. The minimum Gasteiger partial charge on any atom is -0.492 e. The van der Waals surface area contributed by atoms with Gasteiger partial charge in [0.25, 0.3) is 0 Å². The van der Waals surface area contributed by atoms with Gasteiger partial charge in [0, 0.05) is 5.56 Å². The molecular formula is C33H46N2O3. The molecule has 1 fully saturated rings. The average molecular weight is 519 g/mol. The van der Waals surface area contributed by atoms with Crippen LogP contribution in [0.3, 0.4) is 0 Å². The van der Waals surface area contributed by atoms with Crippen LogP contribution in [0.5, 0.6) is 11.5 Å². The first-order chi connectivity index (χ1) is 18.6. The van der Waals surface area contributed by atoms with Crippen LogP contribution in [-0.2, 0) is 4.79 Å². The van der Waals surface area contributed by atoms with Crippen molar-refractivity contribution in [2.45, 2.75) is 110 Å². The zero-order valence-electron chi connectivity index (χ0n) is 23.6. The monoisotopic (exact) mass is 518 g/mol. The molecule has 0 aliphatic heterocycles. The van der Waals surface area contributed by atoms with Gasteiger partial charge in [-0.1, -0.05) is 71.6 Å². The van der Waals surface area contributed by atoms with Gasteiger partial charge in [-0.3, -0.25) is 9.78 Å². The minimum absolute atomic E-state index is 0.128. The summed E-state index contributed by atoms with van der Waals surface area (Å²) in [5.41, 5.74) is 1.56. The summed E-state index contributed by atoms with van der Waals surface area (Å²) in [6.07, 6.45) is 17.9. The number of rotatable bonds is 16. The molecule has 38 heavy (non-hydrogen) atoms. The number of pyridine rings is 1. The molecule has 0 saturated heterocycles. The van der Waals surface area contributed by atoms with Crippen LogP contribution in [-0.4, -0.2) is 17.6 Å². The summed E-state index contributed by atoms with van der Waals surface area (Å²) in [5, 5.41) is 9.87. The van der Waals surface area contributed by atoms with Gasteiger partial charge in [0.05, 0.1) is 35.9 Å². The van der Waals surface area contributed by atoms with E-state index in [9.17, 15) is 10.1 Å². The summed E-state index contributed by atoms with van der Waals surface area (Å²) in [4.78, 5) is 17.4. The SMILES string of the molecule is CCCCCCCCC1(C#N)CCC(C(=O)Oc2ccc(-c3ccc(OCCCCCC)cn3)cc2)CC1. The lowest BCUT2D eigenvalue weighted by molar-refractivity contribution is -0.140. The highest BCUT2D eigenvalue weighted by molar-refractivity contribution is 5.75. The molecule has 5 heteroatoms. The van der Waals surface area contributed by atoms with Crippen molar-refractivity contribution in [3.05, 3.63) is 42.6 Å². The van der Waals surface area contributed by atoms with Crippen molar-refractivity contribution in [2.24, 2.45) is 11.3 Å². The van der Waals surface area contributed by atoms with E-state index in [1.54, 1.807) is 6.20 Å². The molecule has 0 atom stereocenters. The van der Waals surface area contributed by atoms with Crippen molar-refractivity contribution in [1.29, 1.82) is 5.26 Å². The first-order valence-corrected chi connectivity index (χ1v) is 14.9. The van der Waals surface area contributed by atoms with Crippen molar-refractivity contribution >= 4 is 5.97 Å². The van der Waals surface area contributed by atoms with Crippen molar-refractivity contribution < 1.29 is 14.3 Å². The molecule has 0 unspecified atom stereocenters. The number of aromatic nitrogens is 1. The van der Waals surface area contributed by atoms with Crippen LogP contribution in [0.15, 0.2) is 42.6 Å². The number of nitrogens with zero attached hydrogens (tertiary/aromatic N) is 2. The number of nitriles is 1. The molecule has 1 aromatic heterocycles. The second kappa shape index (κ2) is 16.2. The first-order valence-electron chi connectivity index (χ1n) is 14.9. The van der Waals surface area contributed by atoms with Crippen molar-refractivity contribution in [3.63, 3.8) is 0 Å². The number of ether oxygens (including phenoxy) is 2. The lowest BCUT2D eigenvalue weighted by Gasteiger charge is -2.34. The quantitative estimate of drug-likeness (QED) is 0.126. The third kappa shape index (κ3) is 9.46. The Morgan fingerprint density at radius 3 is 2.16 bits per heavy atom. The van der Waals surface area contributed by atoms with E-state index in [1.807, 2.05) is 36.4 Å². The topological polar surface area (TPSA) is 72.2 Å². The lowest BCUT2D eigenvalue weighted by Crippen LogP contribution is -2.31. The van der Waals surface area contributed by atoms with Crippen LogP contribution in [0.4, 0.5) is 0 Å². The van der Waals surface area contributed by atoms with E-state index in [0.717, 1.165) is 68.6 Å². The maximum absolute atomic E-state index is 12.8. The molecule has 0 bridgehead atoms. The second-order valence-electron chi connectivity index (χ2n) is 10.9. The van der Waals surface area contributed by atoms with Crippen molar-refractivity contribution in [2.75, 3.05) is 6.61 Å². The number of hydrogen-bond acceptors (Lipinski definition) is 5. The van der Waals surface area contributed by atoms with Gasteiger partial charge >= 0.3 is 5.97 Å². The molecule has 206 valence electrons. The van der Waals surface area contributed by atoms with Crippen LogP contribution < -0.4 is 9.47 Å². The van der Waals surface area contributed by atoms with E-state index in [4.69, 9.17) is 9.47 Å². The summed E-state index contributed by atoms with van der Waals surface area (Å²) in [5.74, 6) is 1.03. The molecule has 0 radical (unpaired) electrons. The van der Waals surface area contributed by atoms with Gasteiger partial charge in [0.15, 0.2) is 0 Å². The molecule has 1 aromatic carbocycles. The number of unbranched alkanes of at least 4 members (excludes halogenated alkanes) is 8. The third-order valence-corrected chi connectivity index (χ3v) is 7.89. The molecule has 1 aliphatic rings. The molecule has 0 spiro atoms. The van der Waals surface area contributed by atoms with Crippen LogP contribution in [0.25, 0.3) is 11.3 Å².